The number of likely N-dealkylation sites (N-methyl/N-ethyl adjacent to an activating group) is 1. The lowest BCUT2D eigenvalue weighted by molar-refractivity contribution is 0.102. The molecular weight excluding hydrogens is 338 g/mol. The van der Waals surface area contributed by atoms with E-state index in [0.29, 0.717) is 27.6 Å². The Kier molecular flexibility index (Phi) is 4.93. The van der Waals surface area contributed by atoms with Crippen LogP contribution in [0.3, 0.4) is 0 Å². The summed E-state index contributed by atoms with van der Waals surface area (Å²) in [6, 6.07) is 7.42. The number of methoxy groups -OCH3 is 2. The average molecular weight is 357 g/mol. The number of ether oxygens (including phenoxy) is 2. The number of thiophene rings is 1. The van der Waals surface area contributed by atoms with Crippen LogP contribution >= 0.6 is 11.3 Å². The molecule has 1 aromatic carbocycles. The minimum Gasteiger partial charge on any atom is -0.496 e. The highest BCUT2D eigenvalue weighted by Crippen LogP contribution is 2.37. The van der Waals surface area contributed by atoms with E-state index in [1.54, 1.807) is 18.2 Å². The zero-order valence-electron chi connectivity index (χ0n) is 14.4. The molecule has 2 heterocycles. The van der Waals surface area contributed by atoms with E-state index in [1.165, 1.54) is 25.6 Å². The van der Waals surface area contributed by atoms with Gasteiger partial charge in [-0.3, -0.25) is 4.79 Å². The maximum atomic E-state index is 12.8. The molecule has 6 nitrogen and oxygen atoms in total. The van der Waals surface area contributed by atoms with Gasteiger partial charge in [-0.2, -0.15) is 5.26 Å². The van der Waals surface area contributed by atoms with Gasteiger partial charge in [0, 0.05) is 18.0 Å². The van der Waals surface area contributed by atoms with E-state index in [2.05, 4.69) is 16.3 Å². The molecule has 1 N–H and O–H groups in total. The molecule has 0 bridgehead atoms. The summed E-state index contributed by atoms with van der Waals surface area (Å²) in [6.07, 6.45) is 0.819. The van der Waals surface area contributed by atoms with E-state index in [4.69, 9.17) is 9.47 Å². The molecule has 1 amide bonds. The van der Waals surface area contributed by atoms with Crippen molar-refractivity contribution in [3.8, 4) is 17.6 Å². The molecule has 0 spiro atoms. The van der Waals surface area contributed by atoms with Gasteiger partial charge in [0.2, 0.25) is 0 Å². The summed E-state index contributed by atoms with van der Waals surface area (Å²) in [5.41, 5.74) is 1.93. The van der Waals surface area contributed by atoms with Crippen LogP contribution in [0.4, 0.5) is 5.00 Å². The first-order valence-electron chi connectivity index (χ1n) is 7.84. The van der Waals surface area contributed by atoms with Gasteiger partial charge in [-0.25, -0.2) is 0 Å². The Bertz CT molecular complexity index is 832. The Labute approximate surface area is 150 Å². The van der Waals surface area contributed by atoms with Crippen LogP contribution in [0.5, 0.6) is 11.5 Å². The van der Waals surface area contributed by atoms with Crippen molar-refractivity contribution < 1.29 is 14.3 Å². The lowest BCUT2D eigenvalue weighted by atomic mass is 10.0. The van der Waals surface area contributed by atoms with Crippen molar-refractivity contribution in [1.29, 1.82) is 5.26 Å². The smallest absolute Gasteiger partial charge is 0.263 e. The van der Waals surface area contributed by atoms with Crippen LogP contribution in [0.25, 0.3) is 0 Å². The summed E-state index contributed by atoms with van der Waals surface area (Å²) in [5.74, 6) is 0.505. The number of anilines is 1. The number of amides is 1. The molecular formula is C18H19N3O3S. The normalized spacial score (nSPS) is 13.7. The third-order valence-corrected chi connectivity index (χ3v) is 5.37. The molecule has 0 unspecified atom stereocenters. The lowest BCUT2D eigenvalue weighted by Gasteiger charge is -2.21. The van der Waals surface area contributed by atoms with Crippen LogP contribution in [0.15, 0.2) is 18.2 Å². The summed E-state index contributed by atoms with van der Waals surface area (Å²) in [4.78, 5) is 16.2. The van der Waals surface area contributed by atoms with E-state index in [1.807, 2.05) is 7.05 Å². The molecule has 130 valence electrons. The highest BCUT2D eigenvalue weighted by atomic mass is 32.1. The van der Waals surface area contributed by atoms with Crippen molar-refractivity contribution in [1.82, 2.24) is 4.90 Å². The van der Waals surface area contributed by atoms with Crippen molar-refractivity contribution in [3.63, 3.8) is 0 Å². The quantitative estimate of drug-likeness (QED) is 0.911. The Morgan fingerprint density at radius 2 is 2.00 bits per heavy atom. The van der Waals surface area contributed by atoms with Crippen molar-refractivity contribution in [2.45, 2.75) is 13.0 Å². The Morgan fingerprint density at radius 1 is 1.32 bits per heavy atom. The molecule has 0 radical (unpaired) electrons. The fourth-order valence-electron chi connectivity index (χ4n) is 2.98. The SMILES string of the molecule is COc1cccc(OC)c1C(=O)Nc1sc2c(c1C#N)CCN(C)C2. The Hall–Kier alpha value is -2.56. The first-order valence-corrected chi connectivity index (χ1v) is 8.66. The van der Waals surface area contributed by atoms with Crippen LogP contribution in [0, 0.1) is 11.3 Å². The van der Waals surface area contributed by atoms with Gasteiger partial charge in [-0.05, 0) is 31.2 Å². The molecule has 7 heteroatoms. The molecule has 0 atom stereocenters. The summed E-state index contributed by atoms with van der Waals surface area (Å²) >= 11 is 1.46. The molecule has 3 rings (SSSR count). The number of fused-ring (bicyclic) bond motifs is 1. The second-order valence-electron chi connectivity index (χ2n) is 5.80. The Morgan fingerprint density at radius 3 is 2.60 bits per heavy atom. The monoisotopic (exact) mass is 357 g/mol. The number of benzene rings is 1. The van der Waals surface area contributed by atoms with E-state index in [0.717, 1.165) is 30.0 Å². The maximum Gasteiger partial charge on any atom is 0.263 e. The maximum absolute atomic E-state index is 12.8. The predicted molar refractivity (Wildman–Crippen MR) is 96.6 cm³/mol. The zero-order valence-corrected chi connectivity index (χ0v) is 15.2. The largest absolute Gasteiger partial charge is 0.496 e. The molecule has 0 fully saturated rings. The molecule has 0 saturated carbocycles. The van der Waals surface area contributed by atoms with Crippen LogP contribution in [-0.4, -0.2) is 38.6 Å². The summed E-state index contributed by atoms with van der Waals surface area (Å²) < 4.78 is 10.6. The van der Waals surface area contributed by atoms with Gasteiger partial charge in [0.05, 0.1) is 19.8 Å². The topological polar surface area (TPSA) is 74.6 Å². The number of nitrogens with one attached hydrogen (secondary N) is 1. The molecule has 0 aliphatic carbocycles. The number of nitriles is 1. The van der Waals surface area contributed by atoms with E-state index < -0.39 is 0 Å². The summed E-state index contributed by atoms with van der Waals surface area (Å²) in [7, 11) is 5.06. The van der Waals surface area contributed by atoms with Gasteiger partial charge in [-0.15, -0.1) is 11.3 Å². The van der Waals surface area contributed by atoms with E-state index in [9.17, 15) is 10.1 Å². The second kappa shape index (κ2) is 7.13. The molecule has 1 aliphatic heterocycles. The molecule has 25 heavy (non-hydrogen) atoms. The van der Waals surface area contributed by atoms with Crippen molar-refractivity contribution >= 4 is 22.2 Å². The van der Waals surface area contributed by atoms with Gasteiger partial charge in [0.25, 0.3) is 5.91 Å². The standard InChI is InChI=1S/C18H19N3O3S/c1-21-8-7-11-12(9-19)18(25-15(11)10-21)20-17(22)16-13(23-2)5-4-6-14(16)24-3/h4-6H,7-8,10H2,1-3H3,(H,20,22). The third-order valence-electron chi connectivity index (χ3n) is 4.24. The minimum atomic E-state index is -0.349. The molecule has 1 aromatic heterocycles. The van der Waals surface area contributed by atoms with Crippen molar-refractivity contribution in [2.24, 2.45) is 0 Å². The van der Waals surface area contributed by atoms with Gasteiger partial charge >= 0.3 is 0 Å². The van der Waals surface area contributed by atoms with Gasteiger partial charge < -0.3 is 19.7 Å². The van der Waals surface area contributed by atoms with Gasteiger partial charge in [-0.1, -0.05) is 6.07 Å². The van der Waals surface area contributed by atoms with E-state index in [-0.39, 0.29) is 5.91 Å². The lowest BCUT2D eigenvalue weighted by Crippen LogP contribution is -2.25. The number of nitrogens with zero attached hydrogens (tertiary/aromatic N) is 2. The fraction of sp³-hybridized carbons (Fsp3) is 0.333. The van der Waals surface area contributed by atoms with Crippen LogP contribution in [-0.2, 0) is 13.0 Å². The second-order valence-corrected chi connectivity index (χ2v) is 6.90. The average Bonchev–Trinajstić information content (AvgIpc) is 2.96. The first kappa shape index (κ1) is 17.3. The van der Waals surface area contributed by atoms with Gasteiger partial charge in [0.1, 0.15) is 28.1 Å². The molecule has 1 aliphatic rings. The Balaban J connectivity index is 1.97. The number of carbonyl (C=O) groups excluding carboxylic acids is 1. The third kappa shape index (κ3) is 3.18. The fourth-order valence-corrected chi connectivity index (χ4v) is 4.25. The van der Waals surface area contributed by atoms with Crippen LogP contribution in [0.1, 0.15) is 26.4 Å². The number of rotatable bonds is 4. The highest BCUT2D eigenvalue weighted by molar-refractivity contribution is 7.16. The zero-order chi connectivity index (χ0) is 18.0. The van der Waals surface area contributed by atoms with Crippen LogP contribution < -0.4 is 14.8 Å². The number of hydrogen-bond donors (Lipinski definition) is 1. The molecule has 0 saturated heterocycles. The number of hydrogen-bond acceptors (Lipinski definition) is 6. The highest BCUT2D eigenvalue weighted by Gasteiger charge is 2.25. The van der Waals surface area contributed by atoms with Gasteiger partial charge in [0.15, 0.2) is 0 Å². The first-order chi connectivity index (χ1) is 12.1. The van der Waals surface area contributed by atoms with Crippen LogP contribution in [0.2, 0.25) is 0 Å². The van der Waals surface area contributed by atoms with E-state index >= 15 is 0 Å². The minimum absolute atomic E-state index is 0.319. The van der Waals surface area contributed by atoms with Crippen molar-refractivity contribution in [2.75, 3.05) is 33.1 Å². The summed E-state index contributed by atoms with van der Waals surface area (Å²) in [6.45, 7) is 1.70. The van der Waals surface area contributed by atoms with Crippen molar-refractivity contribution in [3.05, 3.63) is 39.8 Å². The predicted octanol–water partition coefficient (Wildman–Crippen LogP) is 2.88. The molecule has 2 aromatic rings. The summed E-state index contributed by atoms with van der Waals surface area (Å²) in [5, 5.41) is 13.0. The number of carbonyl (C=O) groups is 1.